The Morgan fingerprint density at radius 2 is 2.09 bits per heavy atom. The third-order valence-corrected chi connectivity index (χ3v) is 4.17. The van der Waals surface area contributed by atoms with E-state index in [1.807, 2.05) is 31.5 Å². The summed E-state index contributed by atoms with van der Waals surface area (Å²) in [5.74, 6) is 2.14. The van der Waals surface area contributed by atoms with Gasteiger partial charge in [0, 0.05) is 37.2 Å². The lowest BCUT2D eigenvalue weighted by Crippen LogP contribution is -2.35. The quantitative estimate of drug-likeness (QED) is 0.868. The van der Waals surface area contributed by atoms with Gasteiger partial charge in [0.15, 0.2) is 0 Å². The monoisotopic (exact) mass is 298 g/mol. The van der Waals surface area contributed by atoms with Crippen LogP contribution in [-0.4, -0.2) is 35.2 Å². The van der Waals surface area contributed by atoms with Crippen molar-refractivity contribution < 1.29 is 4.74 Å². The average Bonchev–Trinajstić information content (AvgIpc) is 2.56. The number of aryl methyl sites for hydroxylation is 1. The van der Waals surface area contributed by atoms with E-state index >= 15 is 0 Å². The fourth-order valence-electron chi connectivity index (χ4n) is 2.96. The summed E-state index contributed by atoms with van der Waals surface area (Å²) in [4.78, 5) is 15.5. The predicted octanol–water partition coefficient (Wildman–Crippen LogP) is 2.65. The largest absolute Gasteiger partial charge is 0.481 e. The molecule has 0 N–H and O–H groups in total. The van der Waals surface area contributed by atoms with Crippen LogP contribution in [0.3, 0.4) is 0 Å². The second-order valence-electron chi connectivity index (χ2n) is 5.85. The molecule has 0 amide bonds. The number of hydrogen-bond donors (Lipinski definition) is 0. The smallest absolute Gasteiger partial charge is 0.228 e. The molecule has 0 atom stereocenters. The topological polar surface area (TPSA) is 51.1 Å². The van der Waals surface area contributed by atoms with Crippen LogP contribution in [0.1, 0.15) is 24.1 Å². The van der Waals surface area contributed by atoms with Gasteiger partial charge < -0.3 is 9.64 Å². The van der Waals surface area contributed by atoms with Crippen LogP contribution < -0.4 is 9.64 Å². The highest BCUT2D eigenvalue weighted by atomic mass is 16.5. The Bertz CT molecular complexity index is 609. The molecule has 0 spiro atoms. The van der Waals surface area contributed by atoms with Crippen molar-refractivity contribution in [1.82, 2.24) is 15.0 Å². The van der Waals surface area contributed by atoms with E-state index in [1.54, 1.807) is 7.11 Å². The summed E-state index contributed by atoms with van der Waals surface area (Å²) < 4.78 is 5.24. The van der Waals surface area contributed by atoms with Crippen LogP contribution in [0, 0.1) is 12.8 Å². The molecule has 1 saturated heterocycles. The first-order chi connectivity index (χ1) is 10.7. The molecule has 0 saturated carbocycles. The van der Waals surface area contributed by atoms with Crippen LogP contribution in [0.4, 0.5) is 5.95 Å². The highest BCUT2D eigenvalue weighted by Crippen LogP contribution is 2.25. The summed E-state index contributed by atoms with van der Waals surface area (Å²) in [5, 5.41) is 0. The van der Waals surface area contributed by atoms with Crippen molar-refractivity contribution in [3.63, 3.8) is 0 Å². The molecule has 0 radical (unpaired) electrons. The highest BCUT2D eigenvalue weighted by Gasteiger charge is 2.21. The van der Waals surface area contributed by atoms with E-state index in [2.05, 4.69) is 25.9 Å². The Balaban J connectivity index is 1.61. The van der Waals surface area contributed by atoms with Crippen molar-refractivity contribution in [2.45, 2.75) is 26.2 Å². The van der Waals surface area contributed by atoms with E-state index in [0.717, 1.165) is 44.0 Å². The molecular formula is C17H22N4O. The Morgan fingerprint density at radius 1 is 1.27 bits per heavy atom. The Labute approximate surface area is 131 Å². The molecule has 0 unspecified atom stereocenters. The number of hydrogen-bond acceptors (Lipinski definition) is 5. The summed E-state index contributed by atoms with van der Waals surface area (Å²) in [6.07, 6.45) is 7.23. The molecule has 1 aliphatic heterocycles. The number of anilines is 1. The van der Waals surface area contributed by atoms with E-state index in [1.165, 1.54) is 5.56 Å². The zero-order chi connectivity index (χ0) is 15.4. The number of ether oxygens (including phenoxy) is 1. The number of methoxy groups -OCH3 is 1. The molecule has 0 bridgehead atoms. The van der Waals surface area contributed by atoms with Crippen molar-refractivity contribution >= 4 is 5.95 Å². The fraction of sp³-hybridized carbons (Fsp3) is 0.471. The van der Waals surface area contributed by atoms with Gasteiger partial charge in [-0.1, -0.05) is 6.07 Å². The van der Waals surface area contributed by atoms with Crippen LogP contribution in [0.5, 0.6) is 5.88 Å². The molecule has 116 valence electrons. The first kappa shape index (κ1) is 14.8. The lowest BCUT2D eigenvalue weighted by Gasteiger charge is -2.32. The van der Waals surface area contributed by atoms with Crippen LogP contribution in [0.25, 0.3) is 0 Å². The SMILES string of the molecule is COc1cc(C)nc(N2CCC(Cc3cccnc3)CC2)n1. The van der Waals surface area contributed by atoms with Crippen molar-refractivity contribution in [1.29, 1.82) is 0 Å². The summed E-state index contributed by atoms with van der Waals surface area (Å²) in [5.41, 5.74) is 2.27. The Hall–Kier alpha value is -2.17. The maximum atomic E-state index is 5.24. The molecule has 0 aliphatic carbocycles. The number of rotatable bonds is 4. The molecule has 2 aromatic heterocycles. The first-order valence-electron chi connectivity index (χ1n) is 7.78. The Morgan fingerprint density at radius 3 is 2.77 bits per heavy atom. The molecule has 3 rings (SSSR count). The van der Waals surface area contributed by atoms with Crippen LogP contribution in [0.15, 0.2) is 30.6 Å². The minimum absolute atomic E-state index is 0.639. The minimum Gasteiger partial charge on any atom is -0.481 e. The third kappa shape index (κ3) is 3.53. The summed E-state index contributed by atoms with van der Waals surface area (Å²) in [7, 11) is 1.64. The molecule has 3 heterocycles. The van der Waals surface area contributed by atoms with Gasteiger partial charge in [-0.3, -0.25) is 4.98 Å². The van der Waals surface area contributed by atoms with Gasteiger partial charge in [-0.25, -0.2) is 4.98 Å². The first-order valence-corrected chi connectivity index (χ1v) is 7.78. The lowest BCUT2D eigenvalue weighted by atomic mass is 9.91. The maximum absolute atomic E-state index is 5.24. The van der Waals surface area contributed by atoms with Crippen LogP contribution >= 0.6 is 0 Å². The van der Waals surface area contributed by atoms with Gasteiger partial charge in [0.25, 0.3) is 0 Å². The van der Waals surface area contributed by atoms with Crippen molar-refractivity contribution in [2.24, 2.45) is 5.92 Å². The zero-order valence-corrected chi connectivity index (χ0v) is 13.2. The van der Waals surface area contributed by atoms with Gasteiger partial charge in [0.05, 0.1) is 7.11 Å². The second-order valence-corrected chi connectivity index (χ2v) is 5.85. The van der Waals surface area contributed by atoms with E-state index in [0.29, 0.717) is 11.8 Å². The summed E-state index contributed by atoms with van der Waals surface area (Å²) in [6, 6.07) is 6.03. The minimum atomic E-state index is 0.639. The molecular weight excluding hydrogens is 276 g/mol. The molecule has 2 aromatic rings. The second kappa shape index (κ2) is 6.73. The predicted molar refractivity (Wildman–Crippen MR) is 86.2 cm³/mol. The van der Waals surface area contributed by atoms with Crippen molar-refractivity contribution in [3.05, 3.63) is 41.9 Å². The van der Waals surface area contributed by atoms with Crippen LogP contribution in [-0.2, 0) is 6.42 Å². The van der Waals surface area contributed by atoms with Gasteiger partial charge in [-0.2, -0.15) is 4.98 Å². The zero-order valence-electron chi connectivity index (χ0n) is 13.2. The summed E-state index contributed by atoms with van der Waals surface area (Å²) in [6.45, 7) is 3.97. The number of piperidine rings is 1. The number of aromatic nitrogens is 3. The van der Waals surface area contributed by atoms with E-state index < -0.39 is 0 Å². The fourth-order valence-corrected chi connectivity index (χ4v) is 2.96. The lowest BCUT2D eigenvalue weighted by molar-refractivity contribution is 0.386. The number of pyridine rings is 1. The van der Waals surface area contributed by atoms with Gasteiger partial charge in [-0.15, -0.1) is 0 Å². The Kier molecular flexibility index (Phi) is 4.51. The normalized spacial score (nSPS) is 15.8. The average molecular weight is 298 g/mol. The molecule has 1 aliphatic rings. The van der Waals surface area contributed by atoms with Gasteiger partial charge in [-0.05, 0) is 43.7 Å². The molecule has 5 heteroatoms. The van der Waals surface area contributed by atoms with Gasteiger partial charge in [0.1, 0.15) is 0 Å². The molecule has 5 nitrogen and oxygen atoms in total. The van der Waals surface area contributed by atoms with Gasteiger partial charge in [0.2, 0.25) is 11.8 Å². The van der Waals surface area contributed by atoms with Crippen LogP contribution in [0.2, 0.25) is 0 Å². The highest BCUT2D eigenvalue weighted by molar-refractivity contribution is 5.34. The summed E-state index contributed by atoms with van der Waals surface area (Å²) >= 11 is 0. The van der Waals surface area contributed by atoms with Crippen molar-refractivity contribution in [2.75, 3.05) is 25.1 Å². The van der Waals surface area contributed by atoms with E-state index in [9.17, 15) is 0 Å². The third-order valence-electron chi connectivity index (χ3n) is 4.17. The van der Waals surface area contributed by atoms with Gasteiger partial charge >= 0.3 is 0 Å². The molecule has 0 aromatic carbocycles. The van der Waals surface area contributed by atoms with E-state index in [4.69, 9.17) is 4.74 Å². The number of nitrogens with zero attached hydrogens (tertiary/aromatic N) is 4. The van der Waals surface area contributed by atoms with Crippen molar-refractivity contribution in [3.8, 4) is 5.88 Å². The van der Waals surface area contributed by atoms with E-state index in [-0.39, 0.29) is 0 Å². The maximum Gasteiger partial charge on any atom is 0.228 e. The standard InChI is InChI=1S/C17H22N4O/c1-13-10-16(22-2)20-17(19-13)21-8-5-14(6-9-21)11-15-4-3-7-18-12-15/h3-4,7,10,12,14H,5-6,8-9,11H2,1-2H3. The molecule has 22 heavy (non-hydrogen) atoms. The molecule has 1 fully saturated rings.